The highest BCUT2D eigenvalue weighted by Crippen LogP contribution is 2.16. The number of alkyl halides is 1. The van der Waals surface area contributed by atoms with Crippen molar-refractivity contribution in [2.75, 3.05) is 12.0 Å². The number of hydrogen-bond acceptors (Lipinski definition) is 5. The SMILES string of the molecule is CSCCC(NC=O)C(=O)NC(CC(C)C)C(=O)Oc1ccc(CCl)cc1. The zero-order valence-corrected chi connectivity index (χ0v) is 17.4. The summed E-state index contributed by atoms with van der Waals surface area (Å²) in [5, 5.41) is 5.23. The molecule has 2 unspecified atom stereocenters. The lowest BCUT2D eigenvalue weighted by molar-refractivity contribution is -0.140. The van der Waals surface area contributed by atoms with Crippen molar-refractivity contribution in [2.45, 2.75) is 44.7 Å². The smallest absolute Gasteiger partial charge is 0.334 e. The van der Waals surface area contributed by atoms with Crippen molar-refractivity contribution in [3.05, 3.63) is 29.8 Å². The molecule has 0 spiro atoms. The van der Waals surface area contributed by atoms with Gasteiger partial charge in [0, 0.05) is 5.88 Å². The fraction of sp³-hybridized carbons (Fsp3) is 0.526. The maximum atomic E-state index is 12.6. The van der Waals surface area contributed by atoms with Crippen LogP contribution in [0.3, 0.4) is 0 Å². The monoisotopic (exact) mass is 414 g/mol. The third-order valence-electron chi connectivity index (χ3n) is 3.80. The molecule has 1 aromatic rings. The molecule has 0 aromatic heterocycles. The number of esters is 1. The Morgan fingerprint density at radius 3 is 2.41 bits per heavy atom. The topological polar surface area (TPSA) is 84.5 Å². The first-order chi connectivity index (χ1) is 12.9. The molecule has 2 amide bonds. The summed E-state index contributed by atoms with van der Waals surface area (Å²) in [5.41, 5.74) is 0.917. The molecule has 1 rings (SSSR count). The van der Waals surface area contributed by atoms with Crippen LogP contribution in [0.1, 0.15) is 32.3 Å². The summed E-state index contributed by atoms with van der Waals surface area (Å²) in [7, 11) is 0. The number of carbonyl (C=O) groups is 3. The zero-order chi connectivity index (χ0) is 20.2. The Labute approximate surface area is 169 Å². The van der Waals surface area contributed by atoms with E-state index in [1.54, 1.807) is 36.0 Å². The fourth-order valence-electron chi connectivity index (χ4n) is 2.40. The molecule has 0 heterocycles. The first-order valence-corrected chi connectivity index (χ1v) is 10.7. The Kier molecular flexibility index (Phi) is 10.9. The van der Waals surface area contributed by atoms with Crippen molar-refractivity contribution >= 4 is 41.6 Å². The first-order valence-electron chi connectivity index (χ1n) is 8.76. The van der Waals surface area contributed by atoms with Gasteiger partial charge in [0.15, 0.2) is 0 Å². The van der Waals surface area contributed by atoms with Gasteiger partial charge in [0.2, 0.25) is 12.3 Å². The van der Waals surface area contributed by atoms with Crippen LogP contribution in [0.2, 0.25) is 0 Å². The van der Waals surface area contributed by atoms with Gasteiger partial charge in [-0.1, -0.05) is 26.0 Å². The molecule has 0 aliphatic heterocycles. The summed E-state index contributed by atoms with van der Waals surface area (Å²) >= 11 is 7.33. The molecule has 150 valence electrons. The molecule has 27 heavy (non-hydrogen) atoms. The van der Waals surface area contributed by atoms with E-state index in [-0.39, 0.29) is 5.92 Å². The van der Waals surface area contributed by atoms with E-state index in [2.05, 4.69) is 10.6 Å². The largest absolute Gasteiger partial charge is 0.425 e. The lowest BCUT2D eigenvalue weighted by Gasteiger charge is -2.22. The van der Waals surface area contributed by atoms with Crippen molar-refractivity contribution in [1.29, 1.82) is 0 Å². The van der Waals surface area contributed by atoms with Gasteiger partial charge in [-0.05, 0) is 48.5 Å². The van der Waals surface area contributed by atoms with Crippen molar-refractivity contribution in [1.82, 2.24) is 10.6 Å². The second-order valence-corrected chi connectivity index (χ2v) is 7.76. The maximum Gasteiger partial charge on any atom is 0.334 e. The quantitative estimate of drug-likeness (QED) is 0.238. The maximum absolute atomic E-state index is 12.6. The molecule has 8 heteroatoms. The van der Waals surface area contributed by atoms with E-state index < -0.39 is 24.0 Å². The highest BCUT2D eigenvalue weighted by Gasteiger charge is 2.27. The lowest BCUT2D eigenvalue weighted by atomic mass is 10.0. The van der Waals surface area contributed by atoms with Crippen LogP contribution in [-0.2, 0) is 20.3 Å². The molecule has 0 radical (unpaired) electrons. The first kappa shape index (κ1) is 23.3. The van der Waals surface area contributed by atoms with Crippen molar-refractivity contribution in [3.63, 3.8) is 0 Å². The summed E-state index contributed by atoms with van der Waals surface area (Å²) in [6, 6.07) is 5.41. The number of hydrogen-bond donors (Lipinski definition) is 2. The number of halogens is 1. The average Bonchev–Trinajstić information content (AvgIpc) is 2.64. The predicted molar refractivity (Wildman–Crippen MR) is 109 cm³/mol. The third kappa shape index (κ3) is 8.67. The Balaban J connectivity index is 2.80. The normalized spacial score (nSPS) is 12.9. The fourth-order valence-corrected chi connectivity index (χ4v) is 3.05. The minimum absolute atomic E-state index is 0.171. The highest BCUT2D eigenvalue weighted by molar-refractivity contribution is 7.98. The van der Waals surface area contributed by atoms with E-state index in [1.165, 1.54) is 0 Å². The van der Waals surface area contributed by atoms with E-state index in [0.717, 1.165) is 5.56 Å². The van der Waals surface area contributed by atoms with Gasteiger partial charge in [-0.25, -0.2) is 4.79 Å². The second-order valence-electron chi connectivity index (χ2n) is 6.51. The van der Waals surface area contributed by atoms with Crippen LogP contribution in [0.15, 0.2) is 24.3 Å². The number of rotatable bonds is 12. The minimum atomic E-state index is -0.796. The number of carbonyl (C=O) groups excluding carboxylic acids is 3. The molecule has 0 aliphatic rings. The Morgan fingerprint density at radius 2 is 1.89 bits per heavy atom. The molecule has 0 saturated carbocycles. The summed E-state index contributed by atoms with van der Waals surface area (Å²) < 4.78 is 5.41. The van der Waals surface area contributed by atoms with Crippen LogP contribution in [-0.4, -0.2) is 42.4 Å². The van der Waals surface area contributed by atoms with E-state index in [0.29, 0.717) is 36.6 Å². The average molecular weight is 415 g/mol. The van der Waals surface area contributed by atoms with Crippen molar-refractivity contribution in [3.8, 4) is 5.75 Å². The standard InChI is InChI=1S/C19H27ClN2O4S/c1-13(2)10-17(22-18(24)16(21-12-23)8-9-27-3)19(25)26-15-6-4-14(11-20)5-7-15/h4-7,12-13,16-17H,8-11H2,1-3H3,(H,21,23)(H,22,24). The molecule has 0 bridgehead atoms. The Hall–Kier alpha value is -1.73. The minimum Gasteiger partial charge on any atom is -0.425 e. The van der Waals surface area contributed by atoms with E-state index in [4.69, 9.17) is 16.3 Å². The summed E-state index contributed by atoms with van der Waals surface area (Å²) in [6.45, 7) is 3.91. The van der Waals surface area contributed by atoms with Gasteiger partial charge in [0.25, 0.3) is 0 Å². The second kappa shape index (κ2) is 12.6. The molecule has 1 aromatic carbocycles. The lowest BCUT2D eigenvalue weighted by Crippen LogP contribution is -2.51. The molecular formula is C19H27ClN2O4S. The number of amides is 2. The van der Waals surface area contributed by atoms with E-state index in [1.807, 2.05) is 20.1 Å². The third-order valence-corrected chi connectivity index (χ3v) is 4.75. The van der Waals surface area contributed by atoms with E-state index in [9.17, 15) is 14.4 Å². The van der Waals surface area contributed by atoms with Gasteiger partial charge in [-0.3, -0.25) is 9.59 Å². The van der Waals surface area contributed by atoms with Crippen LogP contribution in [0.5, 0.6) is 5.75 Å². The van der Waals surface area contributed by atoms with Crippen LogP contribution in [0.4, 0.5) is 0 Å². The van der Waals surface area contributed by atoms with Gasteiger partial charge in [0.05, 0.1) is 0 Å². The van der Waals surface area contributed by atoms with Crippen LogP contribution in [0, 0.1) is 5.92 Å². The zero-order valence-electron chi connectivity index (χ0n) is 15.9. The number of nitrogens with one attached hydrogen (secondary N) is 2. The molecule has 2 N–H and O–H groups in total. The number of benzene rings is 1. The van der Waals surface area contributed by atoms with Gasteiger partial charge in [-0.15, -0.1) is 11.6 Å². The predicted octanol–water partition coefficient (Wildman–Crippen LogP) is 2.73. The number of thioether (sulfide) groups is 1. The van der Waals surface area contributed by atoms with Gasteiger partial charge >= 0.3 is 5.97 Å². The summed E-state index contributed by atoms with van der Waals surface area (Å²) in [6.07, 6.45) is 3.33. The van der Waals surface area contributed by atoms with Crippen LogP contribution in [0.25, 0.3) is 0 Å². The molecule has 0 aliphatic carbocycles. The molecule has 0 fully saturated rings. The molecule has 2 atom stereocenters. The van der Waals surface area contributed by atoms with Crippen LogP contribution < -0.4 is 15.4 Å². The van der Waals surface area contributed by atoms with Gasteiger partial charge in [-0.2, -0.15) is 11.8 Å². The van der Waals surface area contributed by atoms with E-state index >= 15 is 0 Å². The Bertz CT molecular complexity index is 610. The van der Waals surface area contributed by atoms with Crippen molar-refractivity contribution < 1.29 is 19.1 Å². The number of ether oxygens (including phenoxy) is 1. The highest BCUT2D eigenvalue weighted by atomic mass is 35.5. The molecule has 6 nitrogen and oxygen atoms in total. The van der Waals surface area contributed by atoms with Gasteiger partial charge < -0.3 is 15.4 Å². The molecule has 0 saturated heterocycles. The van der Waals surface area contributed by atoms with Gasteiger partial charge in [0.1, 0.15) is 17.8 Å². The Morgan fingerprint density at radius 1 is 1.22 bits per heavy atom. The summed E-state index contributed by atoms with van der Waals surface area (Å²) in [5.74, 6) is 0.723. The molecular weight excluding hydrogens is 388 g/mol. The van der Waals surface area contributed by atoms with Crippen molar-refractivity contribution in [2.24, 2.45) is 5.92 Å². The van der Waals surface area contributed by atoms with Crippen LogP contribution >= 0.6 is 23.4 Å². The summed E-state index contributed by atoms with van der Waals surface area (Å²) in [4.78, 5) is 35.9.